The minimum absolute atomic E-state index is 0.0941. The van der Waals surface area contributed by atoms with Crippen molar-refractivity contribution in [2.45, 2.75) is 0 Å². The van der Waals surface area contributed by atoms with Gasteiger partial charge in [0.1, 0.15) is 17.7 Å². The van der Waals surface area contributed by atoms with Crippen LogP contribution in [0.2, 0.25) is 0 Å². The topological polar surface area (TPSA) is 106 Å². The number of allylic oxidation sites excluding steroid dienone is 1. The largest absolute Gasteiger partial charge is 0.381 e. The second-order valence-corrected chi connectivity index (χ2v) is 4.63. The van der Waals surface area contributed by atoms with E-state index in [4.69, 9.17) is 11.0 Å². The second kappa shape index (κ2) is 5.81. The Morgan fingerprint density at radius 3 is 2.48 bits per heavy atom. The van der Waals surface area contributed by atoms with Crippen LogP contribution in [-0.2, 0) is 0 Å². The molecule has 0 saturated heterocycles. The normalized spacial score (nSPS) is 10.8. The molecule has 0 unspecified atom stereocenters. The highest BCUT2D eigenvalue weighted by Gasteiger charge is 2.14. The Bertz CT molecular complexity index is 753. The van der Waals surface area contributed by atoms with Crippen molar-refractivity contribution in [2.75, 3.05) is 24.7 Å². The van der Waals surface area contributed by atoms with Crippen LogP contribution in [0.4, 0.5) is 11.5 Å². The highest BCUT2D eigenvalue weighted by atomic mass is 15.2. The third kappa shape index (κ3) is 2.85. The van der Waals surface area contributed by atoms with Gasteiger partial charge >= 0.3 is 0 Å². The number of nitrogens with one attached hydrogen (secondary N) is 1. The van der Waals surface area contributed by atoms with Crippen LogP contribution in [0.3, 0.4) is 0 Å². The summed E-state index contributed by atoms with van der Waals surface area (Å²) in [5.41, 5.74) is 8.35. The number of hydrogen-bond donors (Lipinski definition) is 2. The zero-order chi connectivity index (χ0) is 15.4. The first-order valence-electron chi connectivity index (χ1n) is 6.20. The number of nitriles is 2. The molecule has 0 amide bonds. The van der Waals surface area contributed by atoms with Gasteiger partial charge in [-0.25, -0.2) is 0 Å². The van der Waals surface area contributed by atoms with E-state index >= 15 is 0 Å². The fourth-order valence-electron chi connectivity index (χ4n) is 1.86. The maximum Gasteiger partial charge on any atom is 0.163 e. The zero-order valence-corrected chi connectivity index (χ0v) is 11.8. The molecular weight excluding hydrogens is 264 g/mol. The molecule has 0 aliphatic rings. The van der Waals surface area contributed by atoms with Crippen molar-refractivity contribution >= 4 is 23.2 Å². The van der Waals surface area contributed by atoms with Crippen molar-refractivity contribution in [3.63, 3.8) is 0 Å². The summed E-state index contributed by atoms with van der Waals surface area (Å²) in [6.45, 7) is 0. The van der Waals surface area contributed by atoms with Crippen LogP contribution < -0.4 is 10.6 Å². The van der Waals surface area contributed by atoms with E-state index in [0.717, 1.165) is 11.3 Å². The summed E-state index contributed by atoms with van der Waals surface area (Å²) in [5.74, 6) is 0.0941. The summed E-state index contributed by atoms with van der Waals surface area (Å²) in [6, 6.07) is 11.7. The fourth-order valence-corrected chi connectivity index (χ4v) is 1.86. The highest BCUT2D eigenvalue weighted by molar-refractivity contribution is 5.91. The van der Waals surface area contributed by atoms with Crippen LogP contribution in [0.25, 0.3) is 11.6 Å². The fraction of sp³-hybridized carbons (Fsp3) is 0.133. The second-order valence-electron chi connectivity index (χ2n) is 4.63. The number of nitrogens with two attached hydrogens (primary N) is 1. The van der Waals surface area contributed by atoms with Gasteiger partial charge in [0.15, 0.2) is 5.82 Å². The van der Waals surface area contributed by atoms with E-state index in [1.54, 1.807) is 6.08 Å². The Balaban J connectivity index is 2.42. The van der Waals surface area contributed by atoms with Gasteiger partial charge < -0.3 is 10.6 Å². The lowest BCUT2D eigenvalue weighted by molar-refractivity contribution is 1.08. The van der Waals surface area contributed by atoms with Gasteiger partial charge in [0, 0.05) is 19.8 Å². The molecule has 0 radical (unpaired) electrons. The third-order valence-electron chi connectivity index (χ3n) is 3.02. The van der Waals surface area contributed by atoms with Crippen LogP contribution in [0.5, 0.6) is 0 Å². The molecule has 1 aromatic heterocycles. The lowest BCUT2D eigenvalue weighted by Crippen LogP contribution is -2.07. The van der Waals surface area contributed by atoms with Crippen molar-refractivity contribution in [3.05, 3.63) is 41.1 Å². The minimum Gasteiger partial charge on any atom is -0.381 e. The summed E-state index contributed by atoms with van der Waals surface area (Å²) in [7, 11) is 3.91. The number of rotatable bonds is 3. The van der Waals surface area contributed by atoms with Crippen LogP contribution >= 0.6 is 0 Å². The maximum atomic E-state index is 9.29. The first-order chi connectivity index (χ1) is 10.1. The molecule has 0 spiro atoms. The quantitative estimate of drug-likeness (QED) is 0.835. The number of hydrogen-bond acceptors (Lipinski definition) is 5. The molecule has 1 aromatic carbocycles. The van der Waals surface area contributed by atoms with E-state index < -0.39 is 0 Å². The monoisotopic (exact) mass is 278 g/mol. The van der Waals surface area contributed by atoms with E-state index in [1.807, 2.05) is 49.3 Å². The van der Waals surface area contributed by atoms with Gasteiger partial charge in [0.25, 0.3) is 0 Å². The van der Waals surface area contributed by atoms with Gasteiger partial charge in [-0.3, -0.25) is 5.10 Å². The summed E-state index contributed by atoms with van der Waals surface area (Å²) in [6.07, 6.45) is 1.69. The standard InChI is InChI=1S/C15H14N6/c1-21(2)12-5-3-10(4-6-12)7-11(8-16)14-13(9-17)15(18)20-19-14/h3-7H,1-2H3,(H3,18,19,20)/b11-7+. The molecule has 2 aromatic rings. The molecule has 0 aliphatic carbocycles. The van der Waals surface area contributed by atoms with Crippen molar-refractivity contribution in [1.82, 2.24) is 10.2 Å². The van der Waals surface area contributed by atoms with E-state index in [-0.39, 0.29) is 11.4 Å². The van der Waals surface area contributed by atoms with Gasteiger partial charge in [-0.15, -0.1) is 0 Å². The number of anilines is 2. The van der Waals surface area contributed by atoms with Crippen LogP contribution in [-0.4, -0.2) is 24.3 Å². The number of benzene rings is 1. The van der Waals surface area contributed by atoms with Crippen molar-refractivity contribution in [2.24, 2.45) is 0 Å². The molecule has 1 heterocycles. The lowest BCUT2D eigenvalue weighted by Gasteiger charge is -2.11. The number of nitrogen functional groups attached to an aromatic ring is 1. The smallest absolute Gasteiger partial charge is 0.163 e. The van der Waals surface area contributed by atoms with Crippen LogP contribution in [0, 0.1) is 22.7 Å². The van der Waals surface area contributed by atoms with Gasteiger partial charge in [0.2, 0.25) is 0 Å². The summed E-state index contributed by atoms with van der Waals surface area (Å²) in [4.78, 5) is 1.99. The van der Waals surface area contributed by atoms with Crippen molar-refractivity contribution < 1.29 is 0 Å². The van der Waals surface area contributed by atoms with E-state index in [9.17, 15) is 5.26 Å². The molecule has 2 rings (SSSR count). The van der Waals surface area contributed by atoms with Gasteiger partial charge in [0.05, 0.1) is 11.3 Å². The summed E-state index contributed by atoms with van der Waals surface area (Å²) < 4.78 is 0. The van der Waals surface area contributed by atoms with E-state index in [2.05, 4.69) is 16.3 Å². The Morgan fingerprint density at radius 1 is 1.29 bits per heavy atom. The maximum absolute atomic E-state index is 9.29. The van der Waals surface area contributed by atoms with Crippen LogP contribution in [0.1, 0.15) is 16.8 Å². The van der Waals surface area contributed by atoms with Gasteiger partial charge in [-0.1, -0.05) is 12.1 Å². The number of aromatic nitrogens is 2. The Morgan fingerprint density at radius 2 is 1.95 bits per heavy atom. The molecular formula is C15H14N6. The van der Waals surface area contributed by atoms with E-state index in [0.29, 0.717) is 11.3 Å². The third-order valence-corrected chi connectivity index (χ3v) is 3.02. The SMILES string of the molecule is CN(C)c1ccc(/C=C(\C#N)c2[nH]nc(N)c2C#N)cc1. The molecule has 0 saturated carbocycles. The minimum atomic E-state index is 0.0941. The van der Waals surface area contributed by atoms with Gasteiger partial charge in [-0.2, -0.15) is 15.6 Å². The zero-order valence-electron chi connectivity index (χ0n) is 11.8. The molecule has 0 aliphatic heterocycles. The molecule has 104 valence electrons. The first kappa shape index (κ1) is 14.2. The van der Waals surface area contributed by atoms with Gasteiger partial charge in [-0.05, 0) is 23.8 Å². The molecule has 0 atom stereocenters. The average Bonchev–Trinajstić information content (AvgIpc) is 2.86. The lowest BCUT2D eigenvalue weighted by atomic mass is 10.1. The average molecular weight is 278 g/mol. The molecule has 6 nitrogen and oxygen atoms in total. The first-order valence-corrected chi connectivity index (χ1v) is 6.20. The summed E-state index contributed by atoms with van der Waals surface area (Å²) in [5, 5.41) is 24.7. The summed E-state index contributed by atoms with van der Waals surface area (Å²) >= 11 is 0. The molecule has 21 heavy (non-hydrogen) atoms. The number of H-pyrrole nitrogens is 1. The van der Waals surface area contributed by atoms with Crippen molar-refractivity contribution in [3.8, 4) is 12.1 Å². The highest BCUT2D eigenvalue weighted by Crippen LogP contribution is 2.23. The van der Waals surface area contributed by atoms with Crippen LogP contribution in [0.15, 0.2) is 24.3 Å². The molecule has 6 heteroatoms. The molecule has 3 N–H and O–H groups in total. The Labute approximate surface area is 122 Å². The molecule has 0 bridgehead atoms. The number of aromatic amines is 1. The Kier molecular flexibility index (Phi) is 3.92. The molecule has 0 fully saturated rings. The van der Waals surface area contributed by atoms with Crippen molar-refractivity contribution in [1.29, 1.82) is 10.5 Å². The van der Waals surface area contributed by atoms with E-state index in [1.165, 1.54) is 0 Å². The number of nitrogens with zero attached hydrogens (tertiary/aromatic N) is 4. The predicted octanol–water partition coefficient (Wildman–Crippen LogP) is 1.99. The predicted molar refractivity (Wildman–Crippen MR) is 82.0 cm³/mol. The Hall–Kier alpha value is -3.25.